The van der Waals surface area contributed by atoms with E-state index in [9.17, 15) is 4.39 Å². The predicted molar refractivity (Wildman–Crippen MR) is 58.0 cm³/mol. The van der Waals surface area contributed by atoms with Crippen LogP contribution in [0.4, 0.5) is 4.39 Å². The summed E-state index contributed by atoms with van der Waals surface area (Å²) in [6, 6.07) is 4.66. The Labute approximate surface area is 87.7 Å². The Balaban J connectivity index is 2.84. The van der Waals surface area contributed by atoms with Crippen LogP contribution in [0.1, 0.15) is 25.7 Å². The third-order valence-corrected chi connectivity index (χ3v) is 2.30. The zero-order chi connectivity index (χ0) is 11.0. The molecule has 1 heterocycles. The van der Waals surface area contributed by atoms with Crippen LogP contribution >= 0.6 is 0 Å². The van der Waals surface area contributed by atoms with Crippen LogP contribution in [-0.2, 0) is 0 Å². The van der Waals surface area contributed by atoms with Gasteiger partial charge in [0.1, 0.15) is 5.82 Å². The second-order valence-electron chi connectivity index (χ2n) is 3.68. The molecule has 1 aromatic heterocycles. The average molecular weight is 202 g/mol. The van der Waals surface area contributed by atoms with E-state index in [2.05, 4.69) is 10.9 Å². The van der Waals surface area contributed by atoms with Crippen molar-refractivity contribution in [3.05, 3.63) is 29.8 Å². The lowest BCUT2D eigenvalue weighted by atomic mass is 10.3. The molecule has 0 N–H and O–H groups in total. The minimum Gasteiger partial charge on any atom is -0.315 e. The molecule has 76 valence electrons. The topological polar surface area (TPSA) is 17.8 Å². The van der Waals surface area contributed by atoms with Crippen molar-refractivity contribution in [2.45, 2.75) is 19.9 Å². The van der Waals surface area contributed by atoms with Gasteiger partial charge in [0.2, 0.25) is 0 Å². The van der Waals surface area contributed by atoms with Gasteiger partial charge in [0.25, 0.3) is 0 Å². The van der Waals surface area contributed by atoms with E-state index in [-0.39, 0.29) is 11.9 Å². The van der Waals surface area contributed by atoms with E-state index < -0.39 is 0 Å². The molecule has 0 bridgehead atoms. The maximum atomic E-state index is 13.1. The number of hydrogen-bond acceptors (Lipinski definition) is 1. The first kappa shape index (κ1) is 9.72. The summed E-state index contributed by atoms with van der Waals surface area (Å²) >= 11 is 0. The Morgan fingerprint density at radius 2 is 2.20 bits per heavy atom. The number of terminal acetylenes is 1. The van der Waals surface area contributed by atoms with Crippen molar-refractivity contribution in [3.63, 3.8) is 0 Å². The van der Waals surface area contributed by atoms with Crippen LogP contribution in [-0.4, -0.2) is 9.55 Å². The lowest BCUT2D eigenvalue weighted by Gasteiger charge is -2.09. The van der Waals surface area contributed by atoms with Gasteiger partial charge in [-0.25, -0.2) is 9.37 Å². The fourth-order valence-corrected chi connectivity index (χ4v) is 1.69. The predicted octanol–water partition coefficient (Wildman–Crippen LogP) is 2.74. The molecule has 0 saturated carbocycles. The number of rotatable bonds is 1. The highest BCUT2D eigenvalue weighted by Gasteiger charge is 2.11. The van der Waals surface area contributed by atoms with Gasteiger partial charge in [-0.05, 0) is 38.0 Å². The van der Waals surface area contributed by atoms with Gasteiger partial charge in [-0.2, -0.15) is 0 Å². The van der Waals surface area contributed by atoms with Crippen LogP contribution in [0.25, 0.3) is 11.0 Å². The first-order chi connectivity index (χ1) is 7.13. The molecule has 0 amide bonds. The van der Waals surface area contributed by atoms with Gasteiger partial charge in [0, 0.05) is 6.04 Å². The summed E-state index contributed by atoms with van der Waals surface area (Å²) in [5.74, 6) is 2.79. The Bertz CT molecular complexity index is 546. The molecule has 0 aliphatic carbocycles. The summed E-state index contributed by atoms with van der Waals surface area (Å²) in [5.41, 5.74) is 1.48. The molecule has 0 fully saturated rings. The molecule has 0 unspecified atom stereocenters. The molecule has 15 heavy (non-hydrogen) atoms. The molecule has 0 aliphatic heterocycles. The molecule has 3 heteroatoms. The van der Waals surface area contributed by atoms with Crippen LogP contribution in [0, 0.1) is 18.2 Å². The minimum absolute atomic E-state index is 0.169. The van der Waals surface area contributed by atoms with Gasteiger partial charge >= 0.3 is 0 Å². The fourth-order valence-electron chi connectivity index (χ4n) is 1.69. The third-order valence-electron chi connectivity index (χ3n) is 2.30. The summed E-state index contributed by atoms with van der Waals surface area (Å²) in [7, 11) is 0. The highest BCUT2D eigenvalue weighted by molar-refractivity contribution is 5.77. The number of nitrogens with zero attached hydrogens (tertiary/aromatic N) is 2. The van der Waals surface area contributed by atoms with Crippen molar-refractivity contribution in [2.24, 2.45) is 0 Å². The summed E-state index contributed by atoms with van der Waals surface area (Å²) in [4.78, 5) is 4.25. The van der Waals surface area contributed by atoms with E-state index in [1.165, 1.54) is 12.1 Å². The fraction of sp³-hybridized carbons (Fsp3) is 0.250. The normalized spacial score (nSPS) is 10.9. The third kappa shape index (κ3) is 1.48. The first-order valence-corrected chi connectivity index (χ1v) is 4.77. The maximum Gasteiger partial charge on any atom is 0.186 e. The Morgan fingerprint density at radius 3 is 2.80 bits per heavy atom. The van der Waals surface area contributed by atoms with E-state index in [0.29, 0.717) is 5.82 Å². The molecule has 2 rings (SSSR count). The number of hydrogen-bond donors (Lipinski definition) is 0. The Morgan fingerprint density at radius 1 is 1.47 bits per heavy atom. The number of benzene rings is 1. The largest absolute Gasteiger partial charge is 0.315 e. The van der Waals surface area contributed by atoms with Crippen LogP contribution in [0.5, 0.6) is 0 Å². The van der Waals surface area contributed by atoms with Gasteiger partial charge in [0.05, 0.1) is 11.0 Å². The van der Waals surface area contributed by atoms with Crippen molar-refractivity contribution in [1.82, 2.24) is 9.55 Å². The molecule has 0 radical (unpaired) electrons. The SMILES string of the molecule is C#Cc1nc2ccc(F)cc2n1C(C)C. The second kappa shape index (κ2) is 3.39. The second-order valence-corrected chi connectivity index (χ2v) is 3.68. The minimum atomic E-state index is -0.270. The summed E-state index contributed by atoms with van der Waals surface area (Å²) in [5, 5.41) is 0. The van der Waals surface area contributed by atoms with E-state index in [1.54, 1.807) is 6.07 Å². The summed E-state index contributed by atoms with van der Waals surface area (Å²) in [6.07, 6.45) is 5.36. The summed E-state index contributed by atoms with van der Waals surface area (Å²) < 4.78 is 15.0. The van der Waals surface area contributed by atoms with Crippen LogP contribution in [0.3, 0.4) is 0 Å². The molecular weight excluding hydrogens is 191 g/mol. The van der Waals surface area contributed by atoms with Crippen molar-refractivity contribution in [2.75, 3.05) is 0 Å². The van der Waals surface area contributed by atoms with Crippen molar-refractivity contribution < 1.29 is 4.39 Å². The highest BCUT2D eigenvalue weighted by atomic mass is 19.1. The van der Waals surface area contributed by atoms with Crippen molar-refractivity contribution in [3.8, 4) is 12.3 Å². The van der Waals surface area contributed by atoms with Crippen LogP contribution in [0.15, 0.2) is 18.2 Å². The molecular formula is C12H11FN2. The van der Waals surface area contributed by atoms with Gasteiger partial charge < -0.3 is 4.57 Å². The number of imidazole rings is 1. The number of fused-ring (bicyclic) bond motifs is 1. The van der Waals surface area contributed by atoms with E-state index in [0.717, 1.165) is 11.0 Å². The molecule has 2 aromatic rings. The molecule has 0 aliphatic rings. The van der Waals surface area contributed by atoms with Gasteiger partial charge in [-0.15, -0.1) is 6.42 Å². The highest BCUT2D eigenvalue weighted by Crippen LogP contribution is 2.21. The van der Waals surface area contributed by atoms with Gasteiger partial charge in [-0.1, -0.05) is 0 Å². The van der Waals surface area contributed by atoms with Gasteiger partial charge in [0.15, 0.2) is 5.82 Å². The molecule has 0 atom stereocenters. The number of aromatic nitrogens is 2. The quantitative estimate of drug-likeness (QED) is 0.650. The van der Waals surface area contributed by atoms with E-state index >= 15 is 0 Å². The molecule has 2 nitrogen and oxygen atoms in total. The zero-order valence-corrected chi connectivity index (χ0v) is 8.66. The van der Waals surface area contributed by atoms with E-state index in [4.69, 9.17) is 6.42 Å². The monoisotopic (exact) mass is 202 g/mol. The lowest BCUT2D eigenvalue weighted by molar-refractivity contribution is 0.604. The Kier molecular flexibility index (Phi) is 2.20. The lowest BCUT2D eigenvalue weighted by Crippen LogP contribution is -2.03. The standard InChI is InChI=1S/C12H11FN2/c1-4-12-14-10-6-5-9(13)7-11(10)15(12)8(2)3/h1,5-8H,2-3H3. The van der Waals surface area contributed by atoms with Gasteiger partial charge in [-0.3, -0.25) is 0 Å². The smallest absolute Gasteiger partial charge is 0.186 e. The maximum absolute atomic E-state index is 13.1. The number of halogens is 1. The average Bonchev–Trinajstić information content (AvgIpc) is 2.55. The molecule has 0 saturated heterocycles. The molecule has 1 aromatic carbocycles. The van der Waals surface area contributed by atoms with Crippen LogP contribution in [0.2, 0.25) is 0 Å². The van der Waals surface area contributed by atoms with E-state index in [1.807, 2.05) is 18.4 Å². The zero-order valence-electron chi connectivity index (χ0n) is 8.66. The van der Waals surface area contributed by atoms with Crippen LogP contribution < -0.4 is 0 Å². The van der Waals surface area contributed by atoms with Crippen molar-refractivity contribution >= 4 is 11.0 Å². The van der Waals surface area contributed by atoms with Crippen molar-refractivity contribution in [1.29, 1.82) is 0 Å². The molecule has 0 spiro atoms. The summed E-state index contributed by atoms with van der Waals surface area (Å²) in [6.45, 7) is 3.99. The first-order valence-electron chi connectivity index (χ1n) is 4.77. The Hall–Kier alpha value is -1.82.